The van der Waals surface area contributed by atoms with Crippen molar-refractivity contribution in [2.45, 2.75) is 71.9 Å². The van der Waals surface area contributed by atoms with Crippen molar-refractivity contribution in [1.82, 2.24) is 0 Å². The van der Waals surface area contributed by atoms with E-state index < -0.39 is 0 Å². The van der Waals surface area contributed by atoms with Crippen molar-refractivity contribution in [3.05, 3.63) is 96.1 Å². The van der Waals surface area contributed by atoms with Crippen molar-refractivity contribution < 1.29 is 0 Å². The van der Waals surface area contributed by atoms with Gasteiger partial charge in [-0.3, -0.25) is 0 Å². The second kappa shape index (κ2) is 7.50. The predicted octanol–water partition coefficient (Wildman–Crippen LogP) is 8.78. The Morgan fingerprint density at radius 2 is 1.38 bits per heavy atom. The van der Waals surface area contributed by atoms with Crippen molar-refractivity contribution in [3.8, 4) is 0 Å². The van der Waals surface area contributed by atoms with Crippen LogP contribution in [0.25, 0.3) is 0 Å². The number of nitrogens with zero attached hydrogens (tertiary/aromatic N) is 2. The number of benzene rings is 3. The SMILES string of the molecule is C=CCC1(C)c2cc(C(C)(C)C)ccc2N2c3ccccc3N(c3ccccc3C)C2C1(C)C. The largest absolute Gasteiger partial charge is 0.317 e. The minimum absolute atomic E-state index is 0.0739. The first-order valence-electron chi connectivity index (χ1n) is 12.5. The topological polar surface area (TPSA) is 6.48 Å². The first kappa shape index (κ1) is 22.8. The molecule has 5 rings (SSSR count). The van der Waals surface area contributed by atoms with E-state index >= 15 is 0 Å². The van der Waals surface area contributed by atoms with Crippen LogP contribution >= 0.6 is 0 Å². The number of hydrogen-bond acceptors (Lipinski definition) is 2. The molecule has 176 valence electrons. The van der Waals surface area contributed by atoms with Gasteiger partial charge in [0.25, 0.3) is 0 Å². The van der Waals surface area contributed by atoms with Crippen LogP contribution < -0.4 is 9.80 Å². The summed E-state index contributed by atoms with van der Waals surface area (Å²) in [5.41, 5.74) is 9.24. The van der Waals surface area contributed by atoms with Crippen LogP contribution in [0, 0.1) is 12.3 Å². The van der Waals surface area contributed by atoms with Gasteiger partial charge in [-0.15, -0.1) is 6.58 Å². The Hall–Kier alpha value is -3.00. The quantitative estimate of drug-likeness (QED) is 0.368. The number of hydrogen-bond donors (Lipinski definition) is 0. The average Bonchev–Trinajstić information content (AvgIpc) is 3.14. The molecule has 2 heterocycles. The number of allylic oxidation sites excluding steroid dienone is 1. The van der Waals surface area contributed by atoms with Crippen LogP contribution in [0.3, 0.4) is 0 Å². The summed E-state index contributed by atoms with van der Waals surface area (Å²) in [6, 6.07) is 24.9. The highest BCUT2D eigenvalue weighted by atomic mass is 15.4. The molecular formula is C32H38N2. The van der Waals surface area contributed by atoms with Crippen molar-refractivity contribution in [2.75, 3.05) is 9.80 Å². The molecule has 3 aromatic carbocycles. The van der Waals surface area contributed by atoms with Crippen LogP contribution in [0.15, 0.2) is 79.4 Å². The molecule has 3 aromatic rings. The Labute approximate surface area is 205 Å². The third-order valence-corrected chi connectivity index (χ3v) is 8.60. The standard InChI is InChI=1S/C32H38N2/c1-9-20-32(8)24-21-23(30(3,4)5)18-19-26(24)34-28-17-13-12-16-27(28)33(29(34)31(32,6)7)25-15-11-10-14-22(25)2/h9-19,21,29H,1,20H2,2-8H3. The van der Waals surface area contributed by atoms with Gasteiger partial charge in [-0.05, 0) is 59.7 Å². The maximum atomic E-state index is 4.20. The third kappa shape index (κ3) is 3.00. The Kier molecular flexibility index (Phi) is 5.02. The zero-order chi connectivity index (χ0) is 24.5. The van der Waals surface area contributed by atoms with Gasteiger partial charge >= 0.3 is 0 Å². The van der Waals surface area contributed by atoms with Crippen LogP contribution in [0.2, 0.25) is 0 Å². The van der Waals surface area contributed by atoms with E-state index in [1.165, 1.54) is 39.4 Å². The minimum Gasteiger partial charge on any atom is -0.317 e. The fourth-order valence-corrected chi connectivity index (χ4v) is 6.20. The van der Waals surface area contributed by atoms with Crippen LogP contribution in [-0.2, 0) is 10.8 Å². The van der Waals surface area contributed by atoms with Crippen LogP contribution in [0.1, 0.15) is 64.7 Å². The Bertz CT molecular complexity index is 1260. The Morgan fingerprint density at radius 1 is 0.824 bits per heavy atom. The minimum atomic E-state index is -0.0774. The Balaban J connectivity index is 1.85. The number of para-hydroxylation sites is 3. The molecule has 2 aliphatic heterocycles. The lowest BCUT2D eigenvalue weighted by Crippen LogP contribution is -2.61. The summed E-state index contributed by atoms with van der Waals surface area (Å²) >= 11 is 0. The molecule has 2 aliphatic rings. The molecule has 34 heavy (non-hydrogen) atoms. The third-order valence-electron chi connectivity index (χ3n) is 8.60. The molecule has 0 radical (unpaired) electrons. The summed E-state index contributed by atoms with van der Waals surface area (Å²) < 4.78 is 0. The van der Waals surface area contributed by atoms with Gasteiger partial charge in [0.15, 0.2) is 0 Å². The van der Waals surface area contributed by atoms with Gasteiger partial charge in [0, 0.05) is 22.2 Å². The zero-order valence-corrected chi connectivity index (χ0v) is 21.8. The fraction of sp³-hybridized carbons (Fsp3) is 0.375. The number of fused-ring (bicyclic) bond motifs is 5. The summed E-state index contributed by atoms with van der Waals surface area (Å²) in [6.07, 6.45) is 3.21. The van der Waals surface area contributed by atoms with Crippen molar-refractivity contribution in [2.24, 2.45) is 5.41 Å². The summed E-state index contributed by atoms with van der Waals surface area (Å²) in [5, 5.41) is 0. The highest BCUT2D eigenvalue weighted by molar-refractivity contribution is 5.91. The second-order valence-corrected chi connectivity index (χ2v) is 11.9. The maximum absolute atomic E-state index is 4.20. The molecule has 0 N–H and O–H groups in total. The molecule has 0 amide bonds. The molecule has 0 bridgehead atoms. The smallest absolute Gasteiger partial charge is 0.117 e. The molecule has 2 atom stereocenters. The number of rotatable bonds is 3. The van der Waals surface area contributed by atoms with Gasteiger partial charge < -0.3 is 9.80 Å². The van der Waals surface area contributed by atoms with Gasteiger partial charge in [0.05, 0.1) is 11.4 Å². The maximum Gasteiger partial charge on any atom is 0.117 e. The van der Waals surface area contributed by atoms with E-state index in [9.17, 15) is 0 Å². The van der Waals surface area contributed by atoms with E-state index in [0.717, 1.165) is 6.42 Å². The first-order chi connectivity index (χ1) is 16.0. The Morgan fingerprint density at radius 3 is 1.94 bits per heavy atom. The first-order valence-corrected chi connectivity index (χ1v) is 12.5. The molecular weight excluding hydrogens is 412 g/mol. The summed E-state index contributed by atoms with van der Waals surface area (Å²) in [7, 11) is 0. The molecule has 2 nitrogen and oxygen atoms in total. The van der Waals surface area contributed by atoms with Gasteiger partial charge in [-0.1, -0.05) is 90.1 Å². The molecule has 2 heteroatoms. The highest BCUT2D eigenvalue weighted by Gasteiger charge is 2.59. The van der Waals surface area contributed by atoms with Gasteiger partial charge in [0.1, 0.15) is 6.17 Å². The number of anilines is 4. The van der Waals surface area contributed by atoms with Gasteiger partial charge in [0.2, 0.25) is 0 Å². The monoisotopic (exact) mass is 450 g/mol. The van der Waals surface area contributed by atoms with E-state index in [2.05, 4.69) is 138 Å². The molecule has 0 fully saturated rings. The summed E-state index contributed by atoms with van der Waals surface area (Å²) in [5.74, 6) is 0. The van der Waals surface area contributed by atoms with E-state index in [1.54, 1.807) is 0 Å². The number of aryl methyl sites for hydroxylation is 1. The van der Waals surface area contributed by atoms with E-state index in [1.807, 2.05) is 0 Å². The molecule has 0 saturated heterocycles. The van der Waals surface area contributed by atoms with Gasteiger partial charge in [-0.2, -0.15) is 0 Å². The highest BCUT2D eigenvalue weighted by Crippen LogP contribution is 2.63. The van der Waals surface area contributed by atoms with Crippen molar-refractivity contribution >= 4 is 22.7 Å². The van der Waals surface area contributed by atoms with Gasteiger partial charge in [-0.25, -0.2) is 0 Å². The summed E-state index contributed by atoms with van der Waals surface area (Å²) in [4.78, 5) is 5.20. The fourth-order valence-electron chi connectivity index (χ4n) is 6.20. The zero-order valence-electron chi connectivity index (χ0n) is 21.8. The molecule has 0 spiro atoms. The average molecular weight is 451 g/mol. The lowest BCUT2D eigenvalue weighted by molar-refractivity contribution is 0.131. The predicted molar refractivity (Wildman–Crippen MR) is 147 cm³/mol. The molecule has 0 aromatic heterocycles. The van der Waals surface area contributed by atoms with Crippen LogP contribution in [0.5, 0.6) is 0 Å². The van der Waals surface area contributed by atoms with E-state index in [-0.39, 0.29) is 22.4 Å². The molecule has 2 unspecified atom stereocenters. The molecule has 0 saturated carbocycles. The van der Waals surface area contributed by atoms with Crippen LogP contribution in [0.4, 0.5) is 22.7 Å². The van der Waals surface area contributed by atoms with E-state index in [0.29, 0.717) is 0 Å². The van der Waals surface area contributed by atoms with Crippen LogP contribution in [-0.4, -0.2) is 6.17 Å². The second-order valence-electron chi connectivity index (χ2n) is 11.9. The van der Waals surface area contributed by atoms with Crippen molar-refractivity contribution in [1.29, 1.82) is 0 Å². The lowest BCUT2D eigenvalue weighted by Gasteiger charge is -2.58. The summed E-state index contributed by atoms with van der Waals surface area (Å²) in [6.45, 7) is 20.7. The normalized spacial score (nSPS) is 22.7. The van der Waals surface area contributed by atoms with Crippen molar-refractivity contribution in [3.63, 3.8) is 0 Å². The van der Waals surface area contributed by atoms with E-state index in [4.69, 9.17) is 0 Å². The lowest BCUT2D eigenvalue weighted by atomic mass is 9.56. The molecule has 0 aliphatic carbocycles.